The molecular weight excluding hydrogens is 420 g/mol. The molecule has 0 saturated carbocycles. The van der Waals surface area contributed by atoms with Gasteiger partial charge in [-0.1, -0.05) is 41.9 Å². The molecule has 3 aromatic carbocycles. The number of fused-ring (bicyclic) bond motifs is 1. The smallest absolute Gasteiger partial charge is 0.376 e. The first kappa shape index (κ1) is 20.4. The van der Waals surface area contributed by atoms with Crippen molar-refractivity contribution in [2.75, 3.05) is 0 Å². The molecule has 1 unspecified atom stereocenters. The monoisotopic (exact) mass is 434 g/mol. The summed E-state index contributed by atoms with van der Waals surface area (Å²) in [5.41, 5.74) is -2.26. The first-order valence-corrected chi connectivity index (χ1v) is 9.33. The Bertz CT molecular complexity index is 1210. The van der Waals surface area contributed by atoms with Crippen molar-refractivity contribution in [1.82, 2.24) is 9.78 Å². The van der Waals surface area contributed by atoms with Crippen molar-refractivity contribution >= 4 is 22.5 Å². The van der Waals surface area contributed by atoms with Crippen LogP contribution in [0, 0.1) is 5.82 Å². The third kappa shape index (κ3) is 3.55. The fraction of sp³-hybridized carbons (Fsp3) is 0.136. The van der Waals surface area contributed by atoms with Gasteiger partial charge in [-0.2, -0.15) is 18.3 Å². The van der Waals surface area contributed by atoms with Gasteiger partial charge in [0.05, 0.1) is 22.4 Å². The number of nitrogens with zero attached hydrogens (tertiary/aromatic N) is 2. The number of aromatic nitrogens is 2. The fourth-order valence-corrected chi connectivity index (χ4v) is 3.49. The SMILES string of the molecule is OC(Cc1ccc(Cl)c(F)c1)(c1ccc2c(cnn2-c2ccccc2)c1)C(F)(F)F. The molecule has 0 spiro atoms. The second kappa shape index (κ2) is 7.41. The molecule has 0 fully saturated rings. The van der Waals surface area contributed by atoms with Gasteiger partial charge in [-0.25, -0.2) is 9.07 Å². The van der Waals surface area contributed by atoms with Crippen LogP contribution in [0.15, 0.2) is 72.9 Å². The first-order valence-electron chi connectivity index (χ1n) is 8.96. The number of aliphatic hydroxyl groups is 1. The molecule has 30 heavy (non-hydrogen) atoms. The summed E-state index contributed by atoms with van der Waals surface area (Å²) in [7, 11) is 0. The van der Waals surface area contributed by atoms with E-state index in [1.165, 1.54) is 30.5 Å². The number of para-hydroxylation sites is 1. The van der Waals surface area contributed by atoms with Gasteiger partial charge in [0.25, 0.3) is 0 Å². The Labute approximate surface area is 174 Å². The lowest BCUT2D eigenvalue weighted by Crippen LogP contribution is -2.44. The van der Waals surface area contributed by atoms with E-state index in [0.717, 1.165) is 17.8 Å². The summed E-state index contributed by atoms with van der Waals surface area (Å²) in [4.78, 5) is 0. The minimum Gasteiger partial charge on any atom is -0.376 e. The van der Waals surface area contributed by atoms with Gasteiger partial charge >= 0.3 is 6.18 Å². The van der Waals surface area contributed by atoms with Gasteiger partial charge in [-0.05, 0) is 47.5 Å². The molecule has 154 valence electrons. The van der Waals surface area contributed by atoms with Crippen LogP contribution in [-0.2, 0) is 12.0 Å². The van der Waals surface area contributed by atoms with E-state index >= 15 is 0 Å². The molecule has 1 aromatic heterocycles. The summed E-state index contributed by atoms with van der Waals surface area (Å²) in [5, 5.41) is 15.2. The van der Waals surface area contributed by atoms with Crippen molar-refractivity contribution in [2.45, 2.75) is 18.2 Å². The van der Waals surface area contributed by atoms with Gasteiger partial charge in [-0.15, -0.1) is 0 Å². The molecule has 8 heteroatoms. The van der Waals surface area contributed by atoms with Crippen molar-refractivity contribution in [3.05, 3.63) is 94.9 Å². The van der Waals surface area contributed by atoms with Gasteiger partial charge in [0.1, 0.15) is 5.82 Å². The highest BCUT2D eigenvalue weighted by Gasteiger charge is 2.55. The largest absolute Gasteiger partial charge is 0.421 e. The molecule has 0 saturated heterocycles. The molecule has 0 aliphatic heterocycles. The van der Waals surface area contributed by atoms with Gasteiger partial charge in [0, 0.05) is 11.8 Å². The molecule has 4 aromatic rings. The Kier molecular flexibility index (Phi) is 5.03. The molecule has 0 aliphatic carbocycles. The predicted molar refractivity (Wildman–Crippen MR) is 106 cm³/mol. The Morgan fingerprint density at radius 3 is 2.37 bits per heavy atom. The zero-order chi connectivity index (χ0) is 21.5. The minimum atomic E-state index is -4.99. The van der Waals surface area contributed by atoms with Crippen molar-refractivity contribution < 1.29 is 22.7 Å². The lowest BCUT2D eigenvalue weighted by molar-refractivity contribution is -0.266. The van der Waals surface area contributed by atoms with Crippen LogP contribution in [-0.4, -0.2) is 21.1 Å². The standard InChI is InChI=1S/C22H15ClF4N2O/c23-18-8-6-14(10-19(18)24)12-21(30,22(25,26)27)16-7-9-20-15(11-16)13-28-29(20)17-4-2-1-3-5-17/h1-11,13,30H,12H2. The maximum Gasteiger partial charge on any atom is 0.421 e. The highest BCUT2D eigenvalue weighted by Crippen LogP contribution is 2.42. The summed E-state index contributed by atoms with van der Waals surface area (Å²) in [6.45, 7) is 0. The normalized spacial score (nSPS) is 14.1. The third-order valence-corrected chi connectivity index (χ3v) is 5.27. The summed E-state index contributed by atoms with van der Waals surface area (Å²) in [6.07, 6.45) is -4.42. The van der Waals surface area contributed by atoms with E-state index in [0.29, 0.717) is 10.9 Å². The van der Waals surface area contributed by atoms with Gasteiger partial charge in [0.2, 0.25) is 0 Å². The number of rotatable bonds is 4. The lowest BCUT2D eigenvalue weighted by Gasteiger charge is -2.31. The summed E-state index contributed by atoms with van der Waals surface area (Å²) < 4.78 is 57.1. The number of benzene rings is 3. The summed E-state index contributed by atoms with van der Waals surface area (Å²) >= 11 is 5.61. The van der Waals surface area contributed by atoms with Crippen molar-refractivity contribution in [1.29, 1.82) is 0 Å². The molecular formula is C22H15ClF4N2O. The Morgan fingerprint density at radius 1 is 0.967 bits per heavy atom. The Hall–Kier alpha value is -2.90. The topological polar surface area (TPSA) is 38.1 Å². The molecule has 0 radical (unpaired) electrons. The Balaban J connectivity index is 1.78. The van der Waals surface area contributed by atoms with Gasteiger partial charge < -0.3 is 5.11 Å². The highest BCUT2D eigenvalue weighted by atomic mass is 35.5. The summed E-state index contributed by atoms with van der Waals surface area (Å²) in [5.74, 6) is -0.849. The summed E-state index contributed by atoms with van der Waals surface area (Å²) in [6, 6.07) is 16.4. The zero-order valence-corrected chi connectivity index (χ0v) is 16.1. The molecule has 1 heterocycles. The third-order valence-electron chi connectivity index (χ3n) is 4.96. The van der Waals surface area contributed by atoms with Crippen molar-refractivity contribution in [3.8, 4) is 5.69 Å². The average molecular weight is 435 g/mol. The van der Waals surface area contributed by atoms with E-state index in [1.54, 1.807) is 4.68 Å². The number of halogens is 5. The first-order chi connectivity index (χ1) is 14.2. The van der Waals surface area contributed by atoms with Crippen molar-refractivity contribution in [2.24, 2.45) is 0 Å². The molecule has 1 atom stereocenters. The Morgan fingerprint density at radius 2 is 1.70 bits per heavy atom. The number of hydrogen-bond acceptors (Lipinski definition) is 2. The minimum absolute atomic E-state index is 0.0307. The van der Waals surface area contributed by atoms with E-state index in [2.05, 4.69) is 5.10 Å². The predicted octanol–water partition coefficient (Wildman–Crippen LogP) is 5.81. The second-order valence-electron chi connectivity index (χ2n) is 6.95. The van der Waals surface area contributed by atoms with Crippen LogP contribution < -0.4 is 0 Å². The molecule has 0 aliphatic rings. The van der Waals surface area contributed by atoms with E-state index in [4.69, 9.17) is 11.6 Å². The van der Waals surface area contributed by atoms with Crippen molar-refractivity contribution in [3.63, 3.8) is 0 Å². The molecule has 3 nitrogen and oxygen atoms in total. The average Bonchev–Trinajstić information content (AvgIpc) is 3.14. The number of alkyl halides is 3. The van der Waals surface area contributed by atoms with E-state index in [-0.39, 0.29) is 16.1 Å². The number of hydrogen-bond donors (Lipinski definition) is 1. The maximum absolute atomic E-state index is 13.9. The van der Waals surface area contributed by atoms with Gasteiger partial charge in [-0.3, -0.25) is 0 Å². The van der Waals surface area contributed by atoms with Crippen LogP contribution >= 0.6 is 11.6 Å². The highest BCUT2D eigenvalue weighted by molar-refractivity contribution is 6.30. The molecule has 0 bridgehead atoms. The van der Waals surface area contributed by atoms with E-state index < -0.39 is 24.0 Å². The van der Waals surface area contributed by atoms with Crippen LogP contribution in [0.4, 0.5) is 17.6 Å². The van der Waals surface area contributed by atoms with Crippen LogP contribution in [0.3, 0.4) is 0 Å². The fourth-order valence-electron chi connectivity index (χ4n) is 3.38. The van der Waals surface area contributed by atoms with Gasteiger partial charge in [0.15, 0.2) is 5.60 Å². The quantitative estimate of drug-likeness (QED) is 0.411. The van der Waals surface area contributed by atoms with Crippen LogP contribution in [0.2, 0.25) is 5.02 Å². The molecule has 4 rings (SSSR count). The van der Waals surface area contributed by atoms with Crippen LogP contribution in [0.1, 0.15) is 11.1 Å². The molecule has 0 amide bonds. The van der Waals surface area contributed by atoms with Crippen LogP contribution in [0.25, 0.3) is 16.6 Å². The second-order valence-corrected chi connectivity index (χ2v) is 7.36. The maximum atomic E-state index is 13.9. The lowest BCUT2D eigenvalue weighted by atomic mass is 9.86. The van der Waals surface area contributed by atoms with Crippen LogP contribution in [0.5, 0.6) is 0 Å². The van der Waals surface area contributed by atoms with E-state index in [1.807, 2.05) is 30.3 Å². The molecule has 1 N–H and O–H groups in total. The van der Waals surface area contributed by atoms with E-state index in [9.17, 15) is 22.7 Å². The zero-order valence-electron chi connectivity index (χ0n) is 15.4.